The number of pyridine rings is 1. The van der Waals surface area contributed by atoms with Crippen molar-refractivity contribution in [2.45, 2.75) is 6.92 Å². The van der Waals surface area contributed by atoms with Crippen LogP contribution in [0.15, 0.2) is 54.6 Å². The zero-order valence-electron chi connectivity index (χ0n) is 12.9. The number of benzene rings is 2. The molecule has 4 nitrogen and oxygen atoms in total. The number of aryl methyl sites for hydroxylation is 1. The highest BCUT2D eigenvalue weighted by atomic mass is 35.5. The quantitative estimate of drug-likeness (QED) is 0.545. The van der Waals surface area contributed by atoms with E-state index in [4.69, 9.17) is 11.6 Å². The number of carbonyl (C=O) groups is 1. The van der Waals surface area contributed by atoms with Gasteiger partial charge in [0.2, 0.25) is 0 Å². The molecule has 4 rings (SSSR count). The lowest BCUT2D eigenvalue weighted by atomic mass is 10.1. The fraction of sp³-hybridized carbons (Fsp3) is 0.0526. The van der Waals surface area contributed by atoms with Crippen molar-refractivity contribution in [3.05, 3.63) is 71.0 Å². The first kappa shape index (κ1) is 14.7. The molecule has 0 fully saturated rings. The van der Waals surface area contributed by atoms with Crippen molar-refractivity contribution in [1.82, 2.24) is 9.97 Å². The monoisotopic (exact) mass is 335 g/mol. The molecule has 0 aliphatic carbocycles. The number of amides is 1. The van der Waals surface area contributed by atoms with E-state index in [9.17, 15) is 4.79 Å². The average molecular weight is 336 g/mol. The Morgan fingerprint density at radius 3 is 2.62 bits per heavy atom. The summed E-state index contributed by atoms with van der Waals surface area (Å²) in [7, 11) is 0. The number of anilines is 1. The molecule has 118 valence electrons. The largest absolute Gasteiger partial charge is 0.353 e. The minimum atomic E-state index is -0.243. The Morgan fingerprint density at radius 1 is 1.08 bits per heavy atom. The maximum Gasteiger partial charge on any atom is 0.274 e. The number of aromatic amines is 1. The molecule has 4 aromatic rings. The summed E-state index contributed by atoms with van der Waals surface area (Å²) < 4.78 is 0. The van der Waals surface area contributed by atoms with E-state index in [1.807, 2.05) is 37.3 Å². The summed E-state index contributed by atoms with van der Waals surface area (Å²) in [6.45, 7) is 1.90. The van der Waals surface area contributed by atoms with Crippen molar-refractivity contribution in [3.8, 4) is 0 Å². The Balaban J connectivity index is 1.77. The molecule has 2 aromatic heterocycles. The highest BCUT2D eigenvalue weighted by Gasteiger charge is 2.14. The zero-order valence-corrected chi connectivity index (χ0v) is 13.7. The molecule has 0 bridgehead atoms. The minimum absolute atomic E-state index is 0.243. The van der Waals surface area contributed by atoms with Crippen molar-refractivity contribution >= 4 is 45.0 Å². The third-order valence-electron chi connectivity index (χ3n) is 4.01. The number of hydrogen-bond donors (Lipinski definition) is 2. The van der Waals surface area contributed by atoms with Crippen LogP contribution in [0.1, 0.15) is 16.2 Å². The van der Waals surface area contributed by atoms with Crippen LogP contribution in [0.25, 0.3) is 21.8 Å². The molecule has 1 amide bonds. The first-order chi connectivity index (χ1) is 11.6. The molecule has 5 heteroatoms. The van der Waals surface area contributed by atoms with Crippen LogP contribution in [0.3, 0.4) is 0 Å². The molecule has 0 aliphatic heterocycles. The summed E-state index contributed by atoms with van der Waals surface area (Å²) >= 11 is 5.87. The molecule has 24 heavy (non-hydrogen) atoms. The summed E-state index contributed by atoms with van der Waals surface area (Å²) in [6.07, 6.45) is 0. The summed E-state index contributed by atoms with van der Waals surface area (Å²) in [5, 5.41) is 5.56. The molecule has 0 atom stereocenters. The number of rotatable bonds is 2. The lowest BCUT2D eigenvalue weighted by molar-refractivity contribution is 0.102. The molecule has 0 aliphatic rings. The fourth-order valence-electron chi connectivity index (χ4n) is 2.85. The third kappa shape index (κ3) is 2.51. The van der Waals surface area contributed by atoms with E-state index in [0.29, 0.717) is 16.4 Å². The number of carbonyl (C=O) groups excluding carboxylic acids is 1. The van der Waals surface area contributed by atoms with E-state index in [2.05, 4.69) is 15.3 Å². The van der Waals surface area contributed by atoms with Gasteiger partial charge in [-0.1, -0.05) is 29.8 Å². The van der Waals surface area contributed by atoms with Crippen LogP contribution < -0.4 is 5.32 Å². The molecule has 0 unspecified atom stereocenters. The number of H-pyrrole nitrogens is 1. The Bertz CT molecular complexity index is 1070. The Morgan fingerprint density at radius 2 is 1.83 bits per heavy atom. The fourth-order valence-corrected chi connectivity index (χ4v) is 2.98. The van der Waals surface area contributed by atoms with Gasteiger partial charge >= 0.3 is 0 Å². The van der Waals surface area contributed by atoms with Gasteiger partial charge in [-0.05, 0) is 43.3 Å². The van der Waals surface area contributed by atoms with Crippen LogP contribution in [-0.2, 0) is 0 Å². The van der Waals surface area contributed by atoms with Crippen molar-refractivity contribution in [2.24, 2.45) is 0 Å². The minimum Gasteiger partial charge on any atom is -0.353 e. The van der Waals surface area contributed by atoms with Crippen LogP contribution in [0.4, 0.5) is 5.69 Å². The number of fused-ring (bicyclic) bond motifs is 3. The number of para-hydroxylation sites is 1. The molecule has 0 saturated heterocycles. The first-order valence-electron chi connectivity index (χ1n) is 7.57. The van der Waals surface area contributed by atoms with Crippen molar-refractivity contribution in [1.29, 1.82) is 0 Å². The van der Waals surface area contributed by atoms with E-state index < -0.39 is 0 Å². The summed E-state index contributed by atoms with van der Waals surface area (Å²) in [5.41, 5.74) is 3.86. The smallest absolute Gasteiger partial charge is 0.274 e. The summed E-state index contributed by atoms with van der Waals surface area (Å²) in [5.74, 6) is -0.243. The number of nitrogens with one attached hydrogen (secondary N) is 2. The summed E-state index contributed by atoms with van der Waals surface area (Å²) in [6, 6.07) is 16.8. The van der Waals surface area contributed by atoms with Crippen LogP contribution >= 0.6 is 11.6 Å². The number of hydrogen-bond acceptors (Lipinski definition) is 2. The van der Waals surface area contributed by atoms with Gasteiger partial charge in [0, 0.05) is 27.0 Å². The van der Waals surface area contributed by atoms with Gasteiger partial charge in [-0.2, -0.15) is 0 Å². The van der Waals surface area contributed by atoms with Crippen LogP contribution in [0.2, 0.25) is 5.02 Å². The highest BCUT2D eigenvalue weighted by molar-refractivity contribution is 6.30. The lowest BCUT2D eigenvalue weighted by Crippen LogP contribution is -2.14. The van der Waals surface area contributed by atoms with E-state index in [1.165, 1.54) is 0 Å². The molecule has 0 radical (unpaired) electrons. The van der Waals surface area contributed by atoms with E-state index in [-0.39, 0.29) is 5.91 Å². The number of halogens is 1. The van der Waals surface area contributed by atoms with Gasteiger partial charge in [-0.25, -0.2) is 4.98 Å². The maximum absolute atomic E-state index is 12.5. The number of aromatic nitrogens is 2. The van der Waals surface area contributed by atoms with Crippen LogP contribution in [0, 0.1) is 6.92 Å². The SMILES string of the molecule is Cc1nc(C(=O)Nc2ccc(Cl)cc2)cc2c1[nH]c1ccccc12. The standard InChI is InChI=1S/C19H14ClN3O/c1-11-18-15(14-4-2-3-5-16(14)23-18)10-17(21-11)19(24)22-13-8-6-12(20)7-9-13/h2-10,23H,1H3,(H,22,24). The van der Waals surface area contributed by atoms with Gasteiger partial charge < -0.3 is 10.3 Å². The highest BCUT2D eigenvalue weighted by Crippen LogP contribution is 2.27. The topological polar surface area (TPSA) is 57.8 Å². The normalized spacial score (nSPS) is 11.1. The second-order valence-corrected chi connectivity index (χ2v) is 6.08. The van der Waals surface area contributed by atoms with Crippen molar-refractivity contribution in [3.63, 3.8) is 0 Å². The zero-order chi connectivity index (χ0) is 16.7. The van der Waals surface area contributed by atoms with E-state index >= 15 is 0 Å². The molecule has 2 N–H and O–H groups in total. The van der Waals surface area contributed by atoms with Gasteiger partial charge in [0.25, 0.3) is 5.91 Å². The van der Waals surface area contributed by atoms with E-state index in [1.54, 1.807) is 24.3 Å². The number of nitrogens with zero attached hydrogens (tertiary/aromatic N) is 1. The second-order valence-electron chi connectivity index (χ2n) is 5.65. The lowest BCUT2D eigenvalue weighted by Gasteiger charge is -2.06. The van der Waals surface area contributed by atoms with Gasteiger partial charge in [-0.15, -0.1) is 0 Å². The molecule has 2 heterocycles. The molecular formula is C19H14ClN3O. The summed E-state index contributed by atoms with van der Waals surface area (Å²) in [4.78, 5) is 20.3. The molecule has 0 saturated carbocycles. The van der Waals surface area contributed by atoms with Gasteiger partial charge in [0.05, 0.1) is 11.2 Å². The predicted octanol–water partition coefficient (Wildman–Crippen LogP) is 4.93. The first-order valence-corrected chi connectivity index (χ1v) is 7.94. The van der Waals surface area contributed by atoms with E-state index in [0.717, 1.165) is 27.5 Å². The molecular weight excluding hydrogens is 322 g/mol. The van der Waals surface area contributed by atoms with Crippen molar-refractivity contribution < 1.29 is 4.79 Å². The van der Waals surface area contributed by atoms with Gasteiger partial charge in [-0.3, -0.25) is 4.79 Å². The van der Waals surface area contributed by atoms with Crippen LogP contribution in [0.5, 0.6) is 0 Å². The average Bonchev–Trinajstić information content (AvgIpc) is 2.96. The van der Waals surface area contributed by atoms with Crippen LogP contribution in [-0.4, -0.2) is 15.9 Å². The van der Waals surface area contributed by atoms with Gasteiger partial charge in [0.15, 0.2) is 0 Å². The Labute approximate surface area is 143 Å². The Kier molecular flexibility index (Phi) is 3.47. The second kappa shape index (κ2) is 5.65. The molecule has 0 spiro atoms. The Hall–Kier alpha value is -2.85. The molecule has 2 aromatic carbocycles. The third-order valence-corrected chi connectivity index (χ3v) is 4.26. The predicted molar refractivity (Wildman–Crippen MR) is 97.7 cm³/mol. The maximum atomic E-state index is 12.5. The van der Waals surface area contributed by atoms with Crippen molar-refractivity contribution in [2.75, 3.05) is 5.32 Å². The van der Waals surface area contributed by atoms with Gasteiger partial charge in [0.1, 0.15) is 5.69 Å².